The van der Waals surface area contributed by atoms with Crippen LogP contribution in [0.3, 0.4) is 0 Å². The van der Waals surface area contributed by atoms with Crippen LogP contribution in [0.5, 0.6) is 0 Å². The molecular weight excluding hydrogens is 346 g/mol. The molecule has 1 amide bonds. The van der Waals surface area contributed by atoms with Gasteiger partial charge in [0.2, 0.25) is 5.91 Å². The van der Waals surface area contributed by atoms with E-state index < -0.39 is 0 Å². The lowest BCUT2D eigenvalue weighted by Gasteiger charge is -1.98. The van der Waals surface area contributed by atoms with Crippen LogP contribution in [0, 0.1) is 0 Å². The smallest absolute Gasteiger partial charge is 0.250 e. The van der Waals surface area contributed by atoms with Crippen LogP contribution < -0.4 is 5.32 Å². The highest BCUT2D eigenvalue weighted by Gasteiger charge is 2.05. The number of hydrogen-bond donors (Lipinski definition) is 1. The van der Waals surface area contributed by atoms with Crippen molar-refractivity contribution in [2.45, 2.75) is 6.54 Å². The predicted octanol–water partition coefficient (Wildman–Crippen LogP) is 3.59. The summed E-state index contributed by atoms with van der Waals surface area (Å²) in [6, 6.07) is 17.8. The second-order valence-corrected chi connectivity index (χ2v) is 6.67. The highest BCUT2D eigenvalue weighted by molar-refractivity contribution is 7.22. The van der Waals surface area contributed by atoms with Crippen molar-refractivity contribution >= 4 is 38.7 Å². The third-order valence-electron chi connectivity index (χ3n) is 3.67. The molecule has 0 fully saturated rings. The van der Waals surface area contributed by atoms with E-state index in [1.165, 1.54) is 17.4 Å². The molecule has 0 aliphatic carbocycles. The molecule has 6 nitrogen and oxygen atoms in total. The Balaban J connectivity index is 1.39. The van der Waals surface area contributed by atoms with E-state index >= 15 is 0 Å². The Hall–Kier alpha value is -3.32. The number of aromatic nitrogens is 4. The number of rotatable bonds is 5. The minimum Gasteiger partial charge on any atom is -0.298 e. The van der Waals surface area contributed by atoms with Gasteiger partial charge in [-0.15, -0.1) is 5.10 Å². The number of carbonyl (C=O) groups is 1. The maximum atomic E-state index is 12.1. The Labute approximate surface area is 153 Å². The Bertz CT molecular complexity index is 1030. The molecule has 0 aliphatic heterocycles. The minimum atomic E-state index is -0.248. The van der Waals surface area contributed by atoms with Crippen molar-refractivity contribution in [3.8, 4) is 0 Å². The summed E-state index contributed by atoms with van der Waals surface area (Å²) in [4.78, 5) is 16.5. The molecular formula is C19H15N5OS. The summed E-state index contributed by atoms with van der Waals surface area (Å²) < 4.78 is 2.77. The lowest BCUT2D eigenvalue weighted by atomic mass is 10.2. The number of carbonyl (C=O) groups excluding carboxylic acids is 1. The van der Waals surface area contributed by atoms with Gasteiger partial charge in [-0.3, -0.25) is 10.1 Å². The molecule has 4 rings (SSSR count). The molecule has 2 aromatic heterocycles. The number of para-hydroxylation sites is 1. The first-order valence-corrected chi connectivity index (χ1v) is 8.87. The molecule has 7 heteroatoms. The van der Waals surface area contributed by atoms with Crippen LogP contribution in [0.2, 0.25) is 0 Å². The van der Waals surface area contributed by atoms with Crippen LogP contribution in [0.15, 0.2) is 66.9 Å². The molecule has 1 N–H and O–H groups in total. The van der Waals surface area contributed by atoms with Gasteiger partial charge in [0.15, 0.2) is 5.13 Å². The van der Waals surface area contributed by atoms with E-state index in [-0.39, 0.29) is 5.91 Å². The molecule has 0 bridgehead atoms. The average Bonchev–Trinajstić information content (AvgIpc) is 3.27. The first-order chi connectivity index (χ1) is 12.8. The molecule has 0 radical (unpaired) electrons. The fraction of sp³-hybridized carbons (Fsp3) is 0.0526. The molecule has 2 aromatic carbocycles. The van der Waals surface area contributed by atoms with E-state index in [0.717, 1.165) is 15.8 Å². The standard InChI is InChI=1S/C19H15N5OS/c25-18(21-19-20-16-8-4-5-9-17(16)26-19)11-10-15-13-24(23-22-15)12-14-6-2-1-3-7-14/h1-11,13H,12H2,(H,20,21,25)/b11-10+. The van der Waals surface area contributed by atoms with E-state index in [0.29, 0.717) is 17.4 Å². The molecule has 4 aromatic rings. The Morgan fingerprint density at radius 1 is 1.12 bits per heavy atom. The Kier molecular flexibility index (Phi) is 4.53. The van der Waals surface area contributed by atoms with Crippen LogP contribution in [-0.2, 0) is 11.3 Å². The third-order valence-corrected chi connectivity index (χ3v) is 4.63. The zero-order valence-electron chi connectivity index (χ0n) is 13.7. The van der Waals surface area contributed by atoms with Gasteiger partial charge in [0.25, 0.3) is 0 Å². The Morgan fingerprint density at radius 3 is 2.77 bits per heavy atom. The van der Waals surface area contributed by atoms with Gasteiger partial charge in [-0.25, -0.2) is 9.67 Å². The minimum absolute atomic E-state index is 0.248. The zero-order valence-corrected chi connectivity index (χ0v) is 14.6. The number of benzene rings is 2. The first-order valence-electron chi connectivity index (χ1n) is 8.05. The largest absolute Gasteiger partial charge is 0.298 e. The second-order valence-electron chi connectivity index (χ2n) is 5.64. The van der Waals surface area contributed by atoms with Gasteiger partial charge >= 0.3 is 0 Å². The van der Waals surface area contributed by atoms with E-state index in [4.69, 9.17) is 0 Å². The highest BCUT2D eigenvalue weighted by atomic mass is 32.1. The topological polar surface area (TPSA) is 72.7 Å². The lowest BCUT2D eigenvalue weighted by Crippen LogP contribution is -2.07. The van der Waals surface area contributed by atoms with Gasteiger partial charge in [-0.05, 0) is 23.8 Å². The van der Waals surface area contributed by atoms with Crippen molar-refractivity contribution < 1.29 is 4.79 Å². The molecule has 26 heavy (non-hydrogen) atoms. The molecule has 0 aliphatic rings. The first kappa shape index (κ1) is 16.2. The van der Waals surface area contributed by atoms with Gasteiger partial charge in [0, 0.05) is 6.08 Å². The Morgan fingerprint density at radius 2 is 1.92 bits per heavy atom. The summed E-state index contributed by atoms with van der Waals surface area (Å²) in [6.45, 7) is 0.638. The second kappa shape index (κ2) is 7.28. The van der Waals surface area contributed by atoms with Gasteiger partial charge < -0.3 is 0 Å². The van der Waals surface area contributed by atoms with Crippen LogP contribution in [0.1, 0.15) is 11.3 Å². The van der Waals surface area contributed by atoms with E-state index in [9.17, 15) is 4.79 Å². The third kappa shape index (κ3) is 3.84. The summed E-state index contributed by atoms with van der Waals surface area (Å²) in [7, 11) is 0. The summed E-state index contributed by atoms with van der Waals surface area (Å²) in [5.74, 6) is -0.248. The molecule has 128 valence electrons. The molecule has 0 spiro atoms. The quantitative estimate of drug-likeness (QED) is 0.551. The maximum absolute atomic E-state index is 12.1. The SMILES string of the molecule is O=C(/C=C/c1cn(Cc2ccccc2)nn1)Nc1nc2ccccc2s1. The number of anilines is 1. The van der Waals surface area contributed by atoms with Gasteiger partial charge in [-0.1, -0.05) is 59.0 Å². The lowest BCUT2D eigenvalue weighted by molar-refractivity contribution is -0.111. The van der Waals surface area contributed by atoms with Crippen LogP contribution in [0.25, 0.3) is 16.3 Å². The summed E-state index contributed by atoms with van der Waals surface area (Å²) in [5, 5.41) is 11.5. The highest BCUT2D eigenvalue weighted by Crippen LogP contribution is 2.25. The molecule has 2 heterocycles. The van der Waals surface area contributed by atoms with Gasteiger partial charge in [0.1, 0.15) is 5.69 Å². The van der Waals surface area contributed by atoms with E-state index in [2.05, 4.69) is 20.6 Å². The predicted molar refractivity (Wildman–Crippen MR) is 103 cm³/mol. The van der Waals surface area contributed by atoms with E-state index in [1.54, 1.807) is 17.0 Å². The number of thiazole rings is 1. The zero-order chi connectivity index (χ0) is 17.8. The maximum Gasteiger partial charge on any atom is 0.250 e. The van der Waals surface area contributed by atoms with Crippen molar-refractivity contribution in [1.82, 2.24) is 20.0 Å². The number of fused-ring (bicyclic) bond motifs is 1. The normalized spacial score (nSPS) is 11.2. The fourth-order valence-corrected chi connectivity index (χ4v) is 3.34. The van der Waals surface area contributed by atoms with Crippen LogP contribution >= 0.6 is 11.3 Å². The molecule has 0 saturated heterocycles. The van der Waals surface area contributed by atoms with Crippen molar-refractivity contribution in [3.63, 3.8) is 0 Å². The number of hydrogen-bond acceptors (Lipinski definition) is 5. The number of nitrogens with one attached hydrogen (secondary N) is 1. The summed E-state index contributed by atoms with van der Waals surface area (Å²) >= 11 is 1.44. The van der Waals surface area contributed by atoms with Crippen molar-refractivity contribution in [2.24, 2.45) is 0 Å². The van der Waals surface area contributed by atoms with Crippen molar-refractivity contribution in [1.29, 1.82) is 0 Å². The fourth-order valence-electron chi connectivity index (χ4n) is 2.47. The summed E-state index contributed by atoms with van der Waals surface area (Å²) in [6.07, 6.45) is 4.87. The number of amides is 1. The van der Waals surface area contributed by atoms with Gasteiger partial charge in [-0.2, -0.15) is 0 Å². The van der Waals surface area contributed by atoms with Gasteiger partial charge in [0.05, 0.1) is 23.0 Å². The van der Waals surface area contributed by atoms with Crippen molar-refractivity contribution in [3.05, 3.63) is 78.1 Å². The monoisotopic (exact) mass is 361 g/mol. The van der Waals surface area contributed by atoms with Crippen molar-refractivity contribution in [2.75, 3.05) is 5.32 Å². The molecule has 0 saturated carbocycles. The average molecular weight is 361 g/mol. The molecule has 0 unspecified atom stereocenters. The van der Waals surface area contributed by atoms with Crippen LogP contribution in [0.4, 0.5) is 5.13 Å². The summed E-state index contributed by atoms with van der Waals surface area (Å²) in [5.41, 5.74) is 2.64. The number of nitrogens with zero attached hydrogens (tertiary/aromatic N) is 4. The van der Waals surface area contributed by atoms with Crippen LogP contribution in [-0.4, -0.2) is 25.9 Å². The molecule has 0 atom stereocenters. The van der Waals surface area contributed by atoms with E-state index in [1.807, 2.05) is 54.6 Å².